The van der Waals surface area contributed by atoms with Gasteiger partial charge in [-0.2, -0.15) is 0 Å². The van der Waals surface area contributed by atoms with Crippen LogP contribution in [0.25, 0.3) is 0 Å². The zero-order valence-corrected chi connectivity index (χ0v) is 13.6. The van der Waals surface area contributed by atoms with Gasteiger partial charge in [0.05, 0.1) is 11.8 Å². The Morgan fingerprint density at radius 3 is 2.77 bits per heavy atom. The number of aryl methyl sites for hydroxylation is 1. The van der Waals surface area contributed by atoms with Crippen LogP contribution in [-0.2, 0) is 11.2 Å². The molecule has 3 N–H and O–H groups in total. The number of hydrogen-bond donors (Lipinski definition) is 2. The van der Waals surface area contributed by atoms with Gasteiger partial charge in [-0.1, -0.05) is 49.0 Å². The first-order valence-corrected chi connectivity index (χ1v) is 8.26. The molecule has 22 heavy (non-hydrogen) atoms. The first kappa shape index (κ1) is 16.4. The highest BCUT2D eigenvalue weighted by atomic mass is 32.2. The van der Waals surface area contributed by atoms with E-state index in [1.807, 2.05) is 37.3 Å². The Labute approximate surface area is 134 Å². The molecule has 0 aliphatic carbocycles. The molecule has 0 aliphatic heterocycles. The molecule has 2 rings (SSSR count). The Bertz CT molecular complexity index is 614. The molecule has 1 atom stereocenters. The summed E-state index contributed by atoms with van der Waals surface area (Å²) in [4.78, 5) is 12.0. The first-order valence-electron chi connectivity index (χ1n) is 7.28. The molecule has 0 spiro atoms. The van der Waals surface area contributed by atoms with E-state index < -0.39 is 0 Å². The summed E-state index contributed by atoms with van der Waals surface area (Å²) < 4.78 is 1.46. The quantitative estimate of drug-likeness (QED) is 0.601. The lowest BCUT2D eigenvalue weighted by Crippen LogP contribution is -2.28. The fourth-order valence-corrected chi connectivity index (χ4v) is 2.72. The van der Waals surface area contributed by atoms with E-state index in [1.54, 1.807) is 0 Å². The van der Waals surface area contributed by atoms with E-state index in [9.17, 15) is 4.79 Å². The van der Waals surface area contributed by atoms with Gasteiger partial charge < -0.3 is 11.2 Å². The Balaban J connectivity index is 1.85. The van der Waals surface area contributed by atoms with Crippen molar-refractivity contribution < 1.29 is 4.79 Å². The van der Waals surface area contributed by atoms with Crippen LogP contribution in [0.4, 0.5) is 0 Å². The molecule has 0 saturated heterocycles. The van der Waals surface area contributed by atoms with Gasteiger partial charge in [0.1, 0.15) is 0 Å². The molecule has 1 amide bonds. The molecule has 1 heterocycles. The van der Waals surface area contributed by atoms with E-state index in [4.69, 9.17) is 5.84 Å². The van der Waals surface area contributed by atoms with Crippen molar-refractivity contribution in [2.75, 3.05) is 11.6 Å². The lowest BCUT2D eigenvalue weighted by atomic mass is 10.1. The van der Waals surface area contributed by atoms with Gasteiger partial charge in [0.2, 0.25) is 11.1 Å². The minimum absolute atomic E-state index is 0.0271. The second-order valence-corrected chi connectivity index (χ2v) is 5.95. The highest BCUT2D eigenvalue weighted by Gasteiger charge is 2.13. The predicted octanol–water partition coefficient (Wildman–Crippen LogP) is 1.91. The Morgan fingerprint density at radius 2 is 2.09 bits per heavy atom. The van der Waals surface area contributed by atoms with Gasteiger partial charge in [-0.15, -0.1) is 10.2 Å². The Hall–Kier alpha value is -2.02. The number of hydrogen-bond acceptors (Lipinski definition) is 5. The van der Waals surface area contributed by atoms with Crippen LogP contribution in [0.15, 0.2) is 35.5 Å². The second-order valence-electron chi connectivity index (χ2n) is 5.01. The summed E-state index contributed by atoms with van der Waals surface area (Å²) in [6.45, 7) is 4.02. The topological polar surface area (TPSA) is 85.8 Å². The van der Waals surface area contributed by atoms with Gasteiger partial charge in [0, 0.05) is 6.42 Å². The van der Waals surface area contributed by atoms with Gasteiger partial charge in [-0.3, -0.25) is 4.79 Å². The summed E-state index contributed by atoms with van der Waals surface area (Å²) in [5.74, 6) is 6.85. The number of thioether (sulfide) groups is 1. The number of amides is 1. The fraction of sp³-hybridized carbons (Fsp3) is 0.400. The molecule has 2 aromatic rings. The Kier molecular flexibility index (Phi) is 5.83. The average Bonchev–Trinajstić information content (AvgIpc) is 2.87. The number of aromatic nitrogens is 3. The number of carbonyl (C=O) groups is 1. The summed E-state index contributed by atoms with van der Waals surface area (Å²) in [6.07, 6.45) is 1.73. The van der Waals surface area contributed by atoms with Crippen LogP contribution in [0.3, 0.4) is 0 Å². The average molecular weight is 319 g/mol. The molecule has 7 heteroatoms. The zero-order chi connectivity index (χ0) is 15.9. The van der Waals surface area contributed by atoms with Gasteiger partial charge in [-0.25, -0.2) is 4.68 Å². The van der Waals surface area contributed by atoms with Crippen LogP contribution in [0.1, 0.15) is 37.7 Å². The maximum atomic E-state index is 12.0. The highest BCUT2D eigenvalue weighted by Crippen LogP contribution is 2.16. The normalized spacial score (nSPS) is 12.1. The van der Waals surface area contributed by atoms with Crippen LogP contribution in [0.2, 0.25) is 0 Å². The summed E-state index contributed by atoms with van der Waals surface area (Å²) in [7, 11) is 0. The molecule has 1 aromatic carbocycles. The maximum Gasteiger partial charge on any atom is 0.230 e. The third-order valence-electron chi connectivity index (χ3n) is 3.22. The van der Waals surface area contributed by atoms with Crippen molar-refractivity contribution in [3.05, 3.63) is 41.7 Å². The van der Waals surface area contributed by atoms with Crippen molar-refractivity contribution in [2.45, 2.75) is 37.9 Å². The molecule has 0 bridgehead atoms. The summed E-state index contributed by atoms with van der Waals surface area (Å²) in [5, 5.41) is 11.6. The van der Waals surface area contributed by atoms with Crippen molar-refractivity contribution in [2.24, 2.45) is 0 Å². The van der Waals surface area contributed by atoms with Crippen LogP contribution >= 0.6 is 11.8 Å². The largest absolute Gasteiger partial charge is 0.349 e. The van der Waals surface area contributed by atoms with Crippen LogP contribution in [-0.4, -0.2) is 26.5 Å². The van der Waals surface area contributed by atoms with Crippen LogP contribution < -0.4 is 11.2 Å². The van der Waals surface area contributed by atoms with Gasteiger partial charge in [0.25, 0.3) is 0 Å². The van der Waals surface area contributed by atoms with Gasteiger partial charge >= 0.3 is 0 Å². The second kappa shape index (κ2) is 7.84. The SMILES string of the molecule is CCCc1nnc(SCC(=O)N[C@@H](C)c2ccccc2)n1N. The summed E-state index contributed by atoms with van der Waals surface area (Å²) in [6, 6.07) is 9.82. The maximum absolute atomic E-state index is 12.0. The van der Waals surface area contributed by atoms with Crippen molar-refractivity contribution in [1.82, 2.24) is 20.2 Å². The minimum Gasteiger partial charge on any atom is -0.349 e. The number of nitrogens with zero attached hydrogens (tertiary/aromatic N) is 3. The van der Waals surface area contributed by atoms with Crippen molar-refractivity contribution in [3.8, 4) is 0 Å². The fourth-order valence-electron chi connectivity index (χ4n) is 2.04. The van der Waals surface area contributed by atoms with E-state index in [-0.39, 0.29) is 17.7 Å². The molecule has 0 aliphatic rings. The van der Waals surface area contributed by atoms with Crippen LogP contribution in [0.5, 0.6) is 0 Å². The number of nitrogens with two attached hydrogens (primary N) is 1. The van der Waals surface area contributed by atoms with E-state index in [1.165, 1.54) is 16.4 Å². The summed E-state index contributed by atoms with van der Waals surface area (Å²) >= 11 is 1.29. The highest BCUT2D eigenvalue weighted by molar-refractivity contribution is 7.99. The van der Waals surface area contributed by atoms with E-state index in [0.717, 1.165) is 24.2 Å². The van der Waals surface area contributed by atoms with Gasteiger partial charge in [0.15, 0.2) is 5.82 Å². The molecule has 0 fully saturated rings. The third kappa shape index (κ3) is 4.24. The van der Waals surface area contributed by atoms with E-state index in [2.05, 4.69) is 22.4 Å². The third-order valence-corrected chi connectivity index (χ3v) is 4.16. The molecule has 0 radical (unpaired) electrons. The molecule has 0 unspecified atom stereocenters. The monoisotopic (exact) mass is 319 g/mol. The Morgan fingerprint density at radius 1 is 1.36 bits per heavy atom. The lowest BCUT2D eigenvalue weighted by Gasteiger charge is -2.13. The zero-order valence-electron chi connectivity index (χ0n) is 12.8. The standard InChI is InChI=1S/C15H21N5OS/c1-3-7-13-18-19-15(20(13)16)22-10-14(21)17-11(2)12-8-5-4-6-9-12/h4-6,8-9,11H,3,7,10,16H2,1-2H3,(H,17,21)/t11-/m0/s1. The number of nitrogens with one attached hydrogen (secondary N) is 1. The number of benzene rings is 1. The van der Waals surface area contributed by atoms with Gasteiger partial charge in [-0.05, 0) is 18.9 Å². The number of carbonyl (C=O) groups excluding carboxylic acids is 1. The van der Waals surface area contributed by atoms with Crippen molar-refractivity contribution in [3.63, 3.8) is 0 Å². The molecule has 1 aromatic heterocycles. The molecular weight excluding hydrogens is 298 g/mol. The van der Waals surface area contributed by atoms with Crippen LogP contribution in [0, 0.1) is 0 Å². The lowest BCUT2D eigenvalue weighted by molar-refractivity contribution is -0.119. The molecule has 0 saturated carbocycles. The van der Waals surface area contributed by atoms with Crippen molar-refractivity contribution in [1.29, 1.82) is 0 Å². The first-order chi connectivity index (χ1) is 10.6. The predicted molar refractivity (Wildman–Crippen MR) is 87.9 cm³/mol. The number of rotatable bonds is 7. The molecule has 6 nitrogen and oxygen atoms in total. The summed E-state index contributed by atoms with van der Waals surface area (Å²) in [5.41, 5.74) is 1.08. The number of nitrogen functional groups attached to an aromatic ring is 1. The van der Waals surface area contributed by atoms with E-state index >= 15 is 0 Å². The molecule has 118 valence electrons. The van der Waals surface area contributed by atoms with E-state index in [0.29, 0.717) is 5.16 Å². The molecular formula is C15H21N5OS. The minimum atomic E-state index is -0.0543. The van der Waals surface area contributed by atoms with Crippen molar-refractivity contribution >= 4 is 17.7 Å². The smallest absolute Gasteiger partial charge is 0.230 e.